The van der Waals surface area contributed by atoms with Crippen LogP contribution in [0.5, 0.6) is 0 Å². The van der Waals surface area contributed by atoms with E-state index in [1.54, 1.807) is 6.92 Å². The van der Waals surface area contributed by atoms with Crippen LogP contribution >= 0.6 is 0 Å². The second kappa shape index (κ2) is 8.79. The van der Waals surface area contributed by atoms with Gasteiger partial charge in [0, 0.05) is 31.3 Å². The van der Waals surface area contributed by atoms with Crippen molar-refractivity contribution in [2.75, 3.05) is 0 Å². The number of epoxide rings is 1. The molecule has 8 atom stereocenters. The van der Waals surface area contributed by atoms with Gasteiger partial charge in [-0.3, -0.25) is 9.59 Å². The normalized spacial score (nSPS) is 42.9. The minimum absolute atomic E-state index is 0.128. The number of aliphatic hydroxyl groups excluding tert-OH is 1. The first-order valence-electron chi connectivity index (χ1n) is 12.2. The monoisotopic (exact) mass is 476 g/mol. The fourth-order valence-corrected chi connectivity index (χ4v) is 6.36. The first kappa shape index (κ1) is 24.9. The molecular weight excluding hydrogens is 440 g/mol. The van der Waals surface area contributed by atoms with Crippen molar-refractivity contribution < 1.29 is 38.4 Å². The molecule has 4 rings (SSSR count). The second-order valence-corrected chi connectivity index (χ2v) is 10.7. The van der Waals surface area contributed by atoms with E-state index in [4.69, 9.17) is 18.9 Å². The average molecular weight is 477 g/mol. The Hall–Kier alpha value is -2.19. The quantitative estimate of drug-likeness (QED) is 0.285. The van der Waals surface area contributed by atoms with E-state index in [2.05, 4.69) is 0 Å². The van der Waals surface area contributed by atoms with Crippen molar-refractivity contribution in [1.29, 1.82) is 0 Å². The third kappa shape index (κ3) is 4.09. The maximum absolute atomic E-state index is 12.7. The maximum Gasteiger partial charge on any atom is 0.334 e. The van der Waals surface area contributed by atoms with Crippen LogP contribution in [-0.2, 0) is 33.3 Å². The number of carbonyl (C=O) groups excluding carboxylic acids is 3. The van der Waals surface area contributed by atoms with Crippen molar-refractivity contribution in [3.63, 3.8) is 0 Å². The van der Waals surface area contributed by atoms with Crippen LogP contribution in [0, 0.1) is 11.3 Å². The molecule has 2 fully saturated rings. The number of rotatable bonds is 4. The largest absolute Gasteiger partial charge is 0.462 e. The zero-order chi connectivity index (χ0) is 25.0. The summed E-state index contributed by atoms with van der Waals surface area (Å²) in [6.07, 6.45) is 0.561. The first-order chi connectivity index (χ1) is 15.9. The van der Waals surface area contributed by atoms with Gasteiger partial charge >= 0.3 is 17.9 Å². The lowest BCUT2D eigenvalue weighted by Gasteiger charge is -2.52. The van der Waals surface area contributed by atoms with Gasteiger partial charge in [-0.1, -0.05) is 19.4 Å². The number of carbonyl (C=O) groups is 3. The van der Waals surface area contributed by atoms with Crippen LogP contribution < -0.4 is 0 Å². The van der Waals surface area contributed by atoms with Gasteiger partial charge < -0.3 is 24.1 Å². The van der Waals surface area contributed by atoms with E-state index in [1.165, 1.54) is 6.92 Å². The van der Waals surface area contributed by atoms with Crippen molar-refractivity contribution in [2.45, 2.75) is 110 Å². The van der Waals surface area contributed by atoms with Gasteiger partial charge in [0.15, 0.2) is 0 Å². The van der Waals surface area contributed by atoms with Crippen molar-refractivity contribution in [2.24, 2.45) is 11.3 Å². The summed E-state index contributed by atoms with van der Waals surface area (Å²) in [4.78, 5) is 37.3. The molecule has 2 heterocycles. The molecule has 34 heavy (non-hydrogen) atoms. The molecule has 2 aliphatic heterocycles. The first-order valence-corrected chi connectivity index (χ1v) is 12.2. The third-order valence-corrected chi connectivity index (χ3v) is 8.28. The molecular formula is C26H36O8. The molecule has 0 radical (unpaired) electrons. The summed E-state index contributed by atoms with van der Waals surface area (Å²) < 4.78 is 23.6. The van der Waals surface area contributed by atoms with E-state index in [0.29, 0.717) is 24.8 Å². The molecule has 1 N–H and O–H groups in total. The lowest BCUT2D eigenvalue weighted by Crippen LogP contribution is -2.62. The van der Waals surface area contributed by atoms with Gasteiger partial charge in [-0.25, -0.2) is 4.79 Å². The zero-order valence-electron chi connectivity index (χ0n) is 20.9. The van der Waals surface area contributed by atoms with Crippen LogP contribution in [0.25, 0.3) is 0 Å². The summed E-state index contributed by atoms with van der Waals surface area (Å²) in [7, 11) is 0. The molecule has 4 aliphatic rings. The molecule has 8 heteroatoms. The van der Waals surface area contributed by atoms with Gasteiger partial charge in [0.1, 0.15) is 18.3 Å². The van der Waals surface area contributed by atoms with Crippen LogP contribution in [0.1, 0.15) is 73.6 Å². The summed E-state index contributed by atoms with van der Waals surface area (Å²) in [6.45, 7) is 10.8. The topological polar surface area (TPSA) is 112 Å². The highest BCUT2D eigenvalue weighted by Gasteiger charge is 2.72. The SMILES string of the molecule is CCCC(=O)O[C@@H]1[C@H](O)C/C(C)=C\[C@@H]2OC(=O)C(C)=C2C[C@H]2[C@@]3(C)O[C@H]3C[C@H](OC(C)=O)[C@]12C. The number of hydrogen-bond donors (Lipinski definition) is 1. The third-order valence-electron chi connectivity index (χ3n) is 8.28. The Morgan fingerprint density at radius 1 is 1.21 bits per heavy atom. The predicted octanol–water partition coefficient (Wildman–Crippen LogP) is 3.16. The number of fused-ring (bicyclic) bond motifs is 4. The van der Waals surface area contributed by atoms with Gasteiger partial charge in [0.25, 0.3) is 0 Å². The summed E-state index contributed by atoms with van der Waals surface area (Å²) in [6, 6.07) is 0. The van der Waals surface area contributed by atoms with Gasteiger partial charge in [-0.15, -0.1) is 0 Å². The molecule has 0 aromatic carbocycles. The van der Waals surface area contributed by atoms with Gasteiger partial charge in [-0.2, -0.15) is 0 Å². The summed E-state index contributed by atoms with van der Waals surface area (Å²) in [5.74, 6) is -1.50. The van der Waals surface area contributed by atoms with Crippen LogP contribution in [0.4, 0.5) is 0 Å². The molecule has 0 spiro atoms. The summed E-state index contributed by atoms with van der Waals surface area (Å²) in [5, 5.41) is 11.4. The Balaban J connectivity index is 1.88. The van der Waals surface area contributed by atoms with Crippen molar-refractivity contribution in [3.8, 4) is 0 Å². The van der Waals surface area contributed by atoms with Crippen LogP contribution in [0.2, 0.25) is 0 Å². The van der Waals surface area contributed by atoms with Crippen molar-refractivity contribution in [3.05, 3.63) is 22.8 Å². The second-order valence-electron chi connectivity index (χ2n) is 10.7. The smallest absolute Gasteiger partial charge is 0.334 e. The molecule has 188 valence electrons. The van der Waals surface area contributed by atoms with E-state index in [-0.39, 0.29) is 30.8 Å². The minimum atomic E-state index is -1.04. The lowest BCUT2D eigenvalue weighted by molar-refractivity contribution is -0.203. The highest BCUT2D eigenvalue weighted by Crippen LogP contribution is 2.63. The van der Waals surface area contributed by atoms with Crippen LogP contribution in [0.3, 0.4) is 0 Å². The predicted molar refractivity (Wildman–Crippen MR) is 121 cm³/mol. The van der Waals surface area contributed by atoms with Gasteiger partial charge in [0.05, 0.1) is 23.2 Å². The standard InChI is InChI=1S/C26H36O8/c1-7-8-22(29)33-23-17(28)9-13(2)10-18-16(14(3)24(30)32-18)11-19-25(23,5)20(31-15(4)27)12-21-26(19,6)34-21/h10,17-21,23,28H,7-9,11-12H2,1-6H3/b13-10-/t17-,18+,19-,20+,21+,23-,25-,26-/m1/s1. The molecule has 2 aliphatic carbocycles. The molecule has 0 bridgehead atoms. The zero-order valence-corrected chi connectivity index (χ0v) is 20.9. The van der Waals surface area contributed by atoms with E-state index < -0.39 is 47.4 Å². The highest BCUT2D eigenvalue weighted by atomic mass is 16.6. The summed E-state index contributed by atoms with van der Waals surface area (Å²) in [5.41, 5.74) is 0.712. The van der Waals surface area contributed by atoms with Crippen LogP contribution in [0.15, 0.2) is 22.8 Å². The Labute approximate surface area is 200 Å². The Morgan fingerprint density at radius 3 is 2.56 bits per heavy atom. The van der Waals surface area contributed by atoms with Gasteiger partial charge in [0.2, 0.25) is 0 Å². The minimum Gasteiger partial charge on any atom is -0.462 e. The molecule has 8 nitrogen and oxygen atoms in total. The lowest BCUT2D eigenvalue weighted by atomic mass is 9.55. The van der Waals surface area contributed by atoms with E-state index >= 15 is 0 Å². The highest BCUT2D eigenvalue weighted by molar-refractivity contribution is 5.92. The molecule has 0 aromatic heterocycles. The Kier molecular flexibility index (Phi) is 6.44. The van der Waals surface area contributed by atoms with Crippen LogP contribution in [-0.4, -0.2) is 59.1 Å². The molecule has 0 unspecified atom stereocenters. The van der Waals surface area contributed by atoms with E-state index in [0.717, 1.165) is 11.1 Å². The number of esters is 3. The Bertz CT molecular complexity index is 950. The van der Waals surface area contributed by atoms with E-state index in [9.17, 15) is 19.5 Å². The molecule has 0 aromatic rings. The summed E-state index contributed by atoms with van der Waals surface area (Å²) >= 11 is 0. The number of aliphatic hydroxyl groups is 1. The fourth-order valence-electron chi connectivity index (χ4n) is 6.36. The number of ether oxygens (including phenoxy) is 4. The molecule has 0 amide bonds. The van der Waals surface area contributed by atoms with Gasteiger partial charge in [-0.05, 0) is 51.7 Å². The maximum atomic E-state index is 12.7. The van der Waals surface area contributed by atoms with Crippen molar-refractivity contribution >= 4 is 17.9 Å². The molecule has 1 saturated carbocycles. The molecule has 1 saturated heterocycles. The Morgan fingerprint density at radius 2 is 1.91 bits per heavy atom. The van der Waals surface area contributed by atoms with Crippen molar-refractivity contribution in [1.82, 2.24) is 0 Å². The average Bonchev–Trinajstić information content (AvgIpc) is 3.32. The van der Waals surface area contributed by atoms with E-state index in [1.807, 2.05) is 33.8 Å². The fraction of sp³-hybridized carbons (Fsp3) is 0.731. The number of hydrogen-bond acceptors (Lipinski definition) is 8.